The van der Waals surface area contributed by atoms with Crippen molar-refractivity contribution in [1.82, 2.24) is 10.3 Å². The van der Waals surface area contributed by atoms with Gasteiger partial charge in [-0.2, -0.15) is 0 Å². The Morgan fingerprint density at radius 1 is 1.24 bits per heavy atom. The smallest absolute Gasteiger partial charge is 0.0684 e. The van der Waals surface area contributed by atoms with Gasteiger partial charge in [-0.1, -0.05) is 13.8 Å². The van der Waals surface area contributed by atoms with Crippen molar-refractivity contribution >= 4 is 31.9 Å². The molecule has 0 radical (unpaired) electrons. The molecule has 0 aliphatic heterocycles. The number of pyridine rings is 1. The van der Waals surface area contributed by atoms with E-state index in [1.165, 1.54) is 12.8 Å². The van der Waals surface area contributed by atoms with Gasteiger partial charge in [-0.15, -0.1) is 0 Å². The zero-order chi connectivity index (χ0) is 12.8. The molecule has 1 aromatic heterocycles. The van der Waals surface area contributed by atoms with E-state index in [-0.39, 0.29) is 0 Å². The van der Waals surface area contributed by atoms with Crippen LogP contribution in [0.2, 0.25) is 0 Å². The van der Waals surface area contributed by atoms with Crippen molar-refractivity contribution in [2.45, 2.75) is 46.2 Å². The molecule has 1 aromatic rings. The van der Waals surface area contributed by atoms with Gasteiger partial charge in [0, 0.05) is 27.7 Å². The highest BCUT2D eigenvalue weighted by atomic mass is 79.9. The average molecular weight is 364 g/mol. The highest BCUT2D eigenvalue weighted by Crippen LogP contribution is 2.19. The van der Waals surface area contributed by atoms with E-state index in [2.05, 4.69) is 62.9 Å². The fourth-order valence-electron chi connectivity index (χ4n) is 1.53. The minimum Gasteiger partial charge on any atom is -0.309 e. The van der Waals surface area contributed by atoms with E-state index in [1.807, 2.05) is 12.3 Å². The Morgan fingerprint density at radius 2 is 1.94 bits per heavy atom. The minimum absolute atomic E-state index is 0.537. The molecule has 96 valence electrons. The molecule has 0 fully saturated rings. The quantitative estimate of drug-likeness (QED) is 0.803. The Labute approximate surface area is 121 Å². The fourth-order valence-corrected chi connectivity index (χ4v) is 2.66. The highest BCUT2D eigenvalue weighted by molar-refractivity contribution is 9.11. The van der Waals surface area contributed by atoms with Crippen LogP contribution in [0.3, 0.4) is 0 Å². The standard InChI is InChI=1S/C13H20Br2N2/c1-9(2)4-5-10(3)16-8-13-12(15)6-11(14)7-17-13/h6-7,9-10,16H,4-5,8H2,1-3H3. The van der Waals surface area contributed by atoms with Crippen LogP contribution in [-0.4, -0.2) is 11.0 Å². The Balaban J connectivity index is 2.39. The third-order valence-electron chi connectivity index (χ3n) is 2.68. The van der Waals surface area contributed by atoms with Crippen LogP contribution in [0, 0.1) is 5.92 Å². The van der Waals surface area contributed by atoms with Gasteiger partial charge in [-0.25, -0.2) is 0 Å². The number of nitrogens with zero attached hydrogens (tertiary/aromatic N) is 1. The van der Waals surface area contributed by atoms with Gasteiger partial charge in [0.05, 0.1) is 5.69 Å². The van der Waals surface area contributed by atoms with Gasteiger partial charge >= 0.3 is 0 Å². The van der Waals surface area contributed by atoms with Gasteiger partial charge in [-0.3, -0.25) is 4.98 Å². The molecule has 1 heterocycles. The first-order valence-electron chi connectivity index (χ1n) is 6.02. The summed E-state index contributed by atoms with van der Waals surface area (Å²) in [5.41, 5.74) is 1.06. The molecule has 0 aliphatic rings. The molecule has 1 N–H and O–H groups in total. The summed E-state index contributed by atoms with van der Waals surface area (Å²) in [5.74, 6) is 0.775. The van der Waals surface area contributed by atoms with Gasteiger partial charge in [0.2, 0.25) is 0 Å². The van der Waals surface area contributed by atoms with Crippen molar-refractivity contribution in [1.29, 1.82) is 0 Å². The molecule has 2 nitrogen and oxygen atoms in total. The van der Waals surface area contributed by atoms with Crippen LogP contribution in [0.4, 0.5) is 0 Å². The zero-order valence-corrected chi connectivity index (χ0v) is 13.8. The number of hydrogen-bond donors (Lipinski definition) is 1. The lowest BCUT2D eigenvalue weighted by atomic mass is 10.0. The highest BCUT2D eigenvalue weighted by Gasteiger charge is 2.06. The van der Waals surface area contributed by atoms with Crippen LogP contribution >= 0.6 is 31.9 Å². The molecule has 4 heteroatoms. The van der Waals surface area contributed by atoms with E-state index in [0.717, 1.165) is 27.1 Å². The van der Waals surface area contributed by atoms with Gasteiger partial charge in [0.25, 0.3) is 0 Å². The predicted molar refractivity (Wildman–Crippen MR) is 80.0 cm³/mol. The first-order valence-corrected chi connectivity index (χ1v) is 7.61. The Hall–Kier alpha value is 0.0700. The molecule has 1 rings (SSSR count). The molecular weight excluding hydrogens is 344 g/mol. The molecule has 0 bridgehead atoms. The van der Waals surface area contributed by atoms with E-state index in [1.54, 1.807) is 0 Å². The van der Waals surface area contributed by atoms with Crippen molar-refractivity contribution in [3.63, 3.8) is 0 Å². The maximum Gasteiger partial charge on any atom is 0.0684 e. The number of rotatable bonds is 6. The second kappa shape index (κ2) is 7.49. The van der Waals surface area contributed by atoms with Crippen molar-refractivity contribution < 1.29 is 0 Å². The van der Waals surface area contributed by atoms with Gasteiger partial charge < -0.3 is 5.32 Å². The summed E-state index contributed by atoms with van der Waals surface area (Å²) in [6.07, 6.45) is 4.31. The van der Waals surface area contributed by atoms with E-state index in [0.29, 0.717) is 6.04 Å². The largest absolute Gasteiger partial charge is 0.309 e. The number of halogens is 2. The van der Waals surface area contributed by atoms with Crippen LogP contribution in [0.5, 0.6) is 0 Å². The van der Waals surface area contributed by atoms with Crippen molar-refractivity contribution in [3.05, 3.63) is 26.9 Å². The van der Waals surface area contributed by atoms with E-state index in [9.17, 15) is 0 Å². The Morgan fingerprint density at radius 3 is 2.53 bits per heavy atom. The maximum absolute atomic E-state index is 4.39. The first kappa shape index (κ1) is 15.1. The molecule has 0 amide bonds. The molecule has 0 aliphatic carbocycles. The Bertz CT molecular complexity index is 353. The van der Waals surface area contributed by atoms with Crippen LogP contribution < -0.4 is 5.32 Å². The van der Waals surface area contributed by atoms with E-state index >= 15 is 0 Å². The number of nitrogens with one attached hydrogen (secondary N) is 1. The molecule has 0 saturated heterocycles. The zero-order valence-electron chi connectivity index (χ0n) is 10.6. The van der Waals surface area contributed by atoms with Crippen LogP contribution in [0.15, 0.2) is 21.2 Å². The molecule has 1 atom stereocenters. The van der Waals surface area contributed by atoms with Crippen molar-refractivity contribution in [3.8, 4) is 0 Å². The van der Waals surface area contributed by atoms with Gasteiger partial charge in [0.1, 0.15) is 0 Å². The summed E-state index contributed by atoms with van der Waals surface area (Å²) in [6.45, 7) is 7.57. The van der Waals surface area contributed by atoms with Crippen LogP contribution in [0.25, 0.3) is 0 Å². The summed E-state index contributed by atoms with van der Waals surface area (Å²) in [5, 5.41) is 3.51. The molecule has 0 saturated carbocycles. The lowest BCUT2D eigenvalue weighted by molar-refractivity contribution is 0.448. The third kappa shape index (κ3) is 5.98. The maximum atomic E-state index is 4.39. The van der Waals surface area contributed by atoms with Crippen molar-refractivity contribution in [2.24, 2.45) is 5.92 Å². The monoisotopic (exact) mass is 362 g/mol. The second-order valence-electron chi connectivity index (χ2n) is 4.84. The average Bonchev–Trinajstić information content (AvgIpc) is 2.25. The molecule has 0 aromatic carbocycles. The SMILES string of the molecule is CC(C)CCC(C)NCc1ncc(Br)cc1Br. The second-order valence-corrected chi connectivity index (χ2v) is 6.61. The van der Waals surface area contributed by atoms with E-state index in [4.69, 9.17) is 0 Å². The summed E-state index contributed by atoms with van der Waals surface area (Å²) >= 11 is 6.93. The fraction of sp³-hybridized carbons (Fsp3) is 0.615. The van der Waals surface area contributed by atoms with E-state index < -0.39 is 0 Å². The normalized spacial score (nSPS) is 13.1. The molecule has 1 unspecified atom stereocenters. The van der Waals surface area contributed by atoms with Crippen LogP contribution in [0.1, 0.15) is 39.3 Å². The summed E-state index contributed by atoms with van der Waals surface area (Å²) in [4.78, 5) is 4.39. The van der Waals surface area contributed by atoms with Crippen LogP contribution in [-0.2, 0) is 6.54 Å². The molecular formula is C13H20Br2N2. The summed E-state index contributed by atoms with van der Waals surface area (Å²) in [6, 6.07) is 2.57. The number of aromatic nitrogens is 1. The molecule has 0 spiro atoms. The first-order chi connectivity index (χ1) is 7.99. The number of hydrogen-bond acceptors (Lipinski definition) is 2. The predicted octanol–water partition coefficient (Wildman–Crippen LogP) is 4.52. The lowest BCUT2D eigenvalue weighted by Gasteiger charge is -2.15. The van der Waals surface area contributed by atoms with Gasteiger partial charge in [-0.05, 0) is 63.6 Å². The summed E-state index contributed by atoms with van der Waals surface area (Å²) < 4.78 is 2.05. The topological polar surface area (TPSA) is 24.9 Å². The molecule has 17 heavy (non-hydrogen) atoms. The minimum atomic E-state index is 0.537. The summed E-state index contributed by atoms with van der Waals surface area (Å²) in [7, 11) is 0. The van der Waals surface area contributed by atoms with Crippen molar-refractivity contribution in [2.75, 3.05) is 0 Å². The van der Waals surface area contributed by atoms with Gasteiger partial charge in [0.15, 0.2) is 0 Å². The Kier molecular flexibility index (Phi) is 6.67. The third-order valence-corrected chi connectivity index (χ3v) is 3.80. The lowest BCUT2D eigenvalue weighted by Crippen LogP contribution is -2.26.